The second-order valence-electron chi connectivity index (χ2n) is 4.68. The zero-order chi connectivity index (χ0) is 13.7. The number of aryl methyl sites for hydroxylation is 1. The molecule has 0 spiro atoms. The number of hydrogen-bond donors (Lipinski definition) is 1. The fraction of sp³-hybridized carbons (Fsp3) is 0.250. The normalized spacial score (nSPS) is 12.4. The first-order valence-corrected chi connectivity index (χ1v) is 7.70. The summed E-state index contributed by atoms with van der Waals surface area (Å²) in [6.45, 7) is 2.09. The third-order valence-corrected chi connectivity index (χ3v) is 4.49. The number of thioether (sulfide) groups is 1. The van der Waals surface area contributed by atoms with Crippen LogP contribution < -0.4 is 5.73 Å². The molecule has 0 saturated carbocycles. The maximum atomic E-state index is 6.17. The molecule has 0 amide bonds. The summed E-state index contributed by atoms with van der Waals surface area (Å²) in [5.41, 5.74) is 8.58. The van der Waals surface area contributed by atoms with Crippen molar-refractivity contribution in [3.8, 4) is 0 Å². The minimum absolute atomic E-state index is 0.117. The van der Waals surface area contributed by atoms with Crippen LogP contribution in [0.1, 0.15) is 11.1 Å². The van der Waals surface area contributed by atoms with Crippen molar-refractivity contribution in [2.24, 2.45) is 5.73 Å². The van der Waals surface area contributed by atoms with Crippen molar-refractivity contribution in [3.63, 3.8) is 0 Å². The molecule has 0 aliphatic carbocycles. The molecule has 1 nitrogen and oxygen atoms in total. The van der Waals surface area contributed by atoms with Gasteiger partial charge in [0.2, 0.25) is 0 Å². The van der Waals surface area contributed by atoms with Gasteiger partial charge < -0.3 is 5.73 Å². The number of halogens is 1. The standard InChI is InChI=1S/C16H18ClNS/c1-12-6-8-15(9-7-12)19-11-14(18)10-13-4-2-3-5-16(13)17/h2-9,14H,10-11,18H2,1H3. The summed E-state index contributed by atoms with van der Waals surface area (Å²) in [7, 11) is 0. The van der Waals surface area contributed by atoms with Crippen LogP contribution in [0.5, 0.6) is 0 Å². The molecule has 0 aliphatic rings. The van der Waals surface area contributed by atoms with E-state index >= 15 is 0 Å². The maximum absolute atomic E-state index is 6.17. The van der Waals surface area contributed by atoms with Crippen LogP contribution in [0.25, 0.3) is 0 Å². The lowest BCUT2D eigenvalue weighted by Gasteiger charge is -2.12. The molecule has 0 aromatic heterocycles. The van der Waals surface area contributed by atoms with Crippen LogP contribution in [-0.4, -0.2) is 11.8 Å². The first kappa shape index (κ1) is 14.4. The number of rotatable bonds is 5. The van der Waals surface area contributed by atoms with Gasteiger partial charge >= 0.3 is 0 Å². The Morgan fingerprint density at radius 1 is 1.11 bits per heavy atom. The minimum Gasteiger partial charge on any atom is -0.327 e. The Labute approximate surface area is 124 Å². The molecule has 2 aromatic rings. The predicted molar refractivity (Wildman–Crippen MR) is 85.0 cm³/mol. The Hall–Kier alpha value is -0.960. The summed E-state index contributed by atoms with van der Waals surface area (Å²) in [5, 5.41) is 0.804. The zero-order valence-electron chi connectivity index (χ0n) is 11.0. The Kier molecular flexibility index (Phi) is 5.32. The highest BCUT2D eigenvalue weighted by molar-refractivity contribution is 7.99. The summed E-state index contributed by atoms with van der Waals surface area (Å²) in [4.78, 5) is 1.26. The highest BCUT2D eigenvalue weighted by Gasteiger charge is 2.07. The zero-order valence-corrected chi connectivity index (χ0v) is 12.5. The smallest absolute Gasteiger partial charge is 0.0438 e. The molecule has 2 N–H and O–H groups in total. The van der Waals surface area contributed by atoms with Gasteiger partial charge in [-0.25, -0.2) is 0 Å². The van der Waals surface area contributed by atoms with Crippen LogP contribution in [0.4, 0.5) is 0 Å². The monoisotopic (exact) mass is 291 g/mol. The number of benzene rings is 2. The Balaban J connectivity index is 1.86. The Morgan fingerprint density at radius 2 is 1.79 bits per heavy atom. The van der Waals surface area contributed by atoms with Gasteiger partial charge in [-0.3, -0.25) is 0 Å². The van der Waals surface area contributed by atoms with Gasteiger partial charge in [-0.1, -0.05) is 47.5 Å². The maximum Gasteiger partial charge on any atom is 0.0438 e. The average Bonchev–Trinajstić information content (AvgIpc) is 2.41. The molecular weight excluding hydrogens is 274 g/mol. The van der Waals surface area contributed by atoms with Crippen molar-refractivity contribution in [2.45, 2.75) is 24.3 Å². The van der Waals surface area contributed by atoms with E-state index in [2.05, 4.69) is 31.2 Å². The summed E-state index contributed by atoms with van der Waals surface area (Å²) in [5.74, 6) is 0.897. The molecule has 19 heavy (non-hydrogen) atoms. The summed E-state index contributed by atoms with van der Waals surface area (Å²) < 4.78 is 0. The molecule has 0 saturated heterocycles. The fourth-order valence-electron chi connectivity index (χ4n) is 1.84. The largest absolute Gasteiger partial charge is 0.327 e. The SMILES string of the molecule is Cc1ccc(SCC(N)Cc2ccccc2Cl)cc1. The molecule has 0 radical (unpaired) electrons. The van der Waals surface area contributed by atoms with Gasteiger partial charge in [-0.2, -0.15) is 0 Å². The molecular formula is C16H18ClNS. The Morgan fingerprint density at radius 3 is 2.47 bits per heavy atom. The summed E-state index contributed by atoms with van der Waals surface area (Å²) in [6, 6.07) is 16.6. The van der Waals surface area contributed by atoms with Crippen LogP contribution >= 0.6 is 23.4 Å². The predicted octanol–water partition coefficient (Wildman–Crippen LogP) is 4.31. The van der Waals surface area contributed by atoms with E-state index in [-0.39, 0.29) is 6.04 Å². The van der Waals surface area contributed by atoms with Crippen molar-refractivity contribution in [3.05, 3.63) is 64.7 Å². The van der Waals surface area contributed by atoms with Gasteiger partial charge in [0.05, 0.1) is 0 Å². The van der Waals surface area contributed by atoms with Crippen LogP contribution in [0.3, 0.4) is 0 Å². The van der Waals surface area contributed by atoms with Gasteiger partial charge in [0, 0.05) is 21.7 Å². The molecule has 2 aromatic carbocycles. The van der Waals surface area contributed by atoms with E-state index in [0.29, 0.717) is 0 Å². The topological polar surface area (TPSA) is 26.0 Å². The molecule has 0 aliphatic heterocycles. The molecule has 0 bridgehead atoms. The van der Waals surface area contributed by atoms with Gasteiger partial charge in [0.25, 0.3) is 0 Å². The molecule has 3 heteroatoms. The van der Waals surface area contributed by atoms with Gasteiger partial charge in [0.1, 0.15) is 0 Å². The van der Waals surface area contributed by atoms with Crippen LogP contribution in [0, 0.1) is 6.92 Å². The third kappa shape index (κ3) is 4.57. The van der Waals surface area contributed by atoms with E-state index in [0.717, 1.165) is 22.8 Å². The lowest BCUT2D eigenvalue weighted by Crippen LogP contribution is -2.25. The second-order valence-corrected chi connectivity index (χ2v) is 6.18. The van der Waals surface area contributed by atoms with E-state index in [1.165, 1.54) is 10.5 Å². The lowest BCUT2D eigenvalue weighted by atomic mass is 10.1. The molecule has 1 unspecified atom stereocenters. The number of nitrogens with two attached hydrogens (primary N) is 1. The van der Waals surface area contributed by atoms with Crippen molar-refractivity contribution in [2.75, 3.05) is 5.75 Å². The van der Waals surface area contributed by atoms with Crippen molar-refractivity contribution in [1.29, 1.82) is 0 Å². The van der Waals surface area contributed by atoms with Gasteiger partial charge in [-0.15, -0.1) is 11.8 Å². The fourth-order valence-corrected chi connectivity index (χ4v) is 2.91. The summed E-state index contributed by atoms with van der Waals surface area (Å²) in [6.07, 6.45) is 0.818. The van der Waals surface area contributed by atoms with Crippen LogP contribution in [0.15, 0.2) is 53.4 Å². The van der Waals surface area contributed by atoms with Gasteiger partial charge in [-0.05, 0) is 37.1 Å². The minimum atomic E-state index is 0.117. The van der Waals surface area contributed by atoms with Crippen LogP contribution in [-0.2, 0) is 6.42 Å². The van der Waals surface area contributed by atoms with E-state index < -0.39 is 0 Å². The molecule has 2 rings (SSSR count). The molecule has 0 heterocycles. The highest BCUT2D eigenvalue weighted by atomic mass is 35.5. The molecule has 100 valence electrons. The summed E-state index contributed by atoms with van der Waals surface area (Å²) >= 11 is 7.93. The van der Waals surface area contributed by atoms with E-state index in [1.54, 1.807) is 11.8 Å². The van der Waals surface area contributed by atoms with E-state index in [4.69, 9.17) is 17.3 Å². The lowest BCUT2D eigenvalue weighted by molar-refractivity contribution is 0.749. The molecule has 1 atom stereocenters. The average molecular weight is 292 g/mol. The first-order chi connectivity index (χ1) is 9.15. The van der Waals surface area contributed by atoms with Gasteiger partial charge in [0.15, 0.2) is 0 Å². The number of hydrogen-bond acceptors (Lipinski definition) is 2. The third-order valence-electron chi connectivity index (χ3n) is 2.92. The Bertz CT molecular complexity index is 525. The van der Waals surface area contributed by atoms with Crippen LogP contribution in [0.2, 0.25) is 5.02 Å². The second kappa shape index (κ2) is 6.99. The quantitative estimate of drug-likeness (QED) is 0.831. The van der Waals surface area contributed by atoms with Crippen molar-refractivity contribution < 1.29 is 0 Å². The van der Waals surface area contributed by atoms with E-state index in [9.17, 15) is 0 Å². The molecule has 0 fully saturated rings. The van der Waals surface area contributed by atoms with Crippen molar-refractivity contribution >= 4 is 23.4 Å². The highest BCUT2D eigenvalue weighted by Crippen LogP contribution is 2.21. The van der Waals surface area contributed by atoms with E-state index in [1.807, 2.05) is 24.3 Å². The first-order valence-electron chi connectivity index (χ1n) is 6.33. The van der Waals surface area contributed by atoms with Crippen molar-refractivity contribution in [1.82, 2.24) is 0 Å².